The molecule has 0 unspecified atom stereocenters. The predicted molar refractivity (Wildman–Crippen MR) is 77.5 cm³/mol. The van der Waals surface area contributed by atoms with Gasteiger partial charge in [0.15, 0.2) is 0 Å². The summed E-state index contributed by atoms with van der Waals surface area (Å²) < 4.78 is 0. The van der Waals surface area contributed by atoms with Crippen molar-refractivity contribution < 1.29 is 9.90 Å². The zero-order valence-corrected chi connectivity index (χ0v) is 11.5. The molecule has 0 fully saturated rings. The minimum absolute atomic E-state index is 0.418. The third-order valence-corrected chi connectivity index (χ3v) is 3.80. The number of benzene rings is 2. The van der Waals surface area contributed by atoms with Crippen LogP contribution in [0.25, 0.3) is 0 Å². The summed E-state index contributed by atoms with van der Waals surface area (Å²) in [6.07, 6.45) is 0. The molecule has 1 aliphatic heterocycles. The highest BCUT2D eigenvalue weighted by Gasteiger charge is 2.20. The van der Waals surface area contributed by atoms with Crippen LogP contribution in [-0.2, 0) is 19.6 Å². The molecule has 0 saturated heterocycles. The van der Waals surface area contributed by atoms with Gasteiger partial charge in [0, 0.05) is 19.6 Å². The van der Waals surface area contributed by atoms with Crippen LogP contribution in [0.1, 0.15) is 32.6 Å². The fourth-order valence-electron chi connectivity index (χ4n) is 2.78. The zero-order valence-electron chi connectivity index (χ0n) is 11.5. The number of nitrogens with zero attached hydrogens (tertiary/aromatic N) is 1. The Morgan fingerprint density at radius 2 is 1.80 bits per heavy atom. The first-order valence-electron chi connectivity index (χ1n) is 6.75. The van der Waals surface area contributed by atoms with Gasteiger partial charge < -0.3 is 5.11 Å². The summed E-state index contributed by atoms with van der Waals surface area (Å²) in [6, 6.07) is 14.0. The minimum atomic E-state index is -0.847. The molecule has 102 valence electrons. The van der Waals surface area contributed by atoms with E-state index < -0.39 is 5.97 Å². The number of carbonyl (C=O) groups is 1. The molecule has 2 aromatic rings. The molecule has 0 aliphatic carbocycles. The largest absolute Gasteiger partial charge is 0.478 e. The number of carboxylic acids is 1. The van der Waals surface area contributed by atoms with E-state index in [1.54, 1.807) is 6.07 Å². The first-order chi connectivity index (χ1) is 9.63. The molecular weight excluding hydrogens is 250 g/mol. The van der Waals surface area contributed by atoms with Crippen molar-refractivity contribution in [1.82, 2.24) is 4.90 Å². The van der Waals surface area contributed by atoms with Gasteiger partial charge in [0.2, 0.25) is 0 Å². The van der Waals surface area contributed by atoms with E-state index in [0.29, 0.717) is 12.1 Å². The Balaban J connectivity index is 1.82. The maximum Gasteiger partial charge on any atom is 0.336 e. The number of aromatic carboxylic acids is 1. The van der Waals surface area contributed by atoms with Crippen molar-refractivity contribution in [2.24, 2.45) is 0 Å². The lowest BCUT2D eigenvalue weighted by Crippen LogP contribution is -2.18. The van der Waals surface area contributed by atoms with E-state index in [1.807, 2.05) is 19.1 Å². The van der Waals surface area contributed by atoms with Gasteiger partial charge in [-0.25, -0.2) is 4.79 Å². The maximum atomic E-state index is 11.3. The molecule has 1 heterocycles. The maximum absolute atomic E-state index is 11.3. The van der Waals surface area contributed by atoms with Crippen LogP contribution in [0.15, 0.2) is 42.5 Å². The highest BCUT2D eigenvalue weighted by molar-refractivity contribution is 5.89. The molecule has 0 spiro atoms. The third-order valence-electron chi connectivity index (χ3n) is 3.80. The van der Waals surface area contributed by atoms with Crippen LogP contribution >= 0.6 is 0 Å². The normalized spacial score (nSPS) is 14.2. The Kier molecular flexibility index (Phi) is 3.28. The number of hydrogen-bond acceptors (Lipinski definition) is 2. The van der Waals surface area contributed by atoms with Crippen LogP contribution in [0.3, 0.4) is 0 Å². The van der Waals surface area contributed by atoms with Gasteiger partial charge in [-0.05, 0) is 29.7 Å². The number of carboxylic acid groups (broad SMARTS) is 1. The number of rotatable bonds is 3. The van der Waals surface area contributed by atoms with Gasteiger partial charge in [-0.1, -0.05) is 42.0 Å². The molecule has 2 aromatic carbocycles. The Labute approximate surface area is 118 Å². The van der Waals surface area contributed by atoms with Gasteiger partial charge in [-0.2, -0.15) is 0 Å². The van der Waals surface area contributed by atoms with Crippen molar-refractivity contribution in [3.63, 3.8) is 0 Å². The molecule has 3 heteroatoms. The second kappa shape index (κ2) is 5.10. The van der Waals surface area contributed by atoms with E-state index >= 15 is 0 Å². The van der Waals surface area contributed by atoms with Gasteiger partial charge in [0.05, 0.1) is 5.56 Å². The van der Waals surface area contributed by atoms with Gasteiger partial charge in [-0.15, -0.1) is 0 Å². The van der Waals surface area contributed by atoms with Crippen molar-refractivity contribution in [2.45, 2.75) is 26.6 Å². The van der Waals surface area contributed by atoms with Gasteiger partial charge in [-0.3, -0.25) is 4.90 Å². The summed E-state index contributed by atoms with van der Waals surface area (Å²) in [5, 5.41) is 9.32. The van der Waals surface area contributed by atoms with E-state index in [4.69, 9.17) is 0 Å². The monoisotopic (exact) mass is 267 g/mol. The van der Waals surface area contributed by atoms with Crippen LogP contribution in [0.5, 0.6) is 0 Å². The van der Waals surface area contributed by atoms with Crippen molar-refractivity contribution in [3.8, 4) is 0 Å². The Morgan fingerprint density at radius 1 is 1.15 bits per heavy atom. The first-order valence-corrected chi connectivity index (χ1v) is 6.75. The summed E-state index contributed by atoms with van der Waals surface area (Å²) >= 11 is 0. The highest BCUT2D eigenvalue weighted by atomic mass is 16.4. The van der Waals surface area contributed by atoms with E-state index in [0.717, 1.165) is 24.2 Å². The molecule has 1 aliphatic rings. The average Bonchev–Trinajstić information content (AvgIpc) is 2.82. The number of aryl methyl sites for hydroxylation is 1. The lowest BCUT2D eigenvalue weighted by molar-refractivity contribution is 0.0694. The van der Waals surface area contributed by atoms with Crippen LogP contribution in [0.4, 0.5) is 0 Å². The van der Waals surface area contributed by atoms with Gasteiger partial charge in [0.1, 0.15) is 0 Å². The topological polar surface area (TPSA) is 40.5 Å². The molecule has 0 bridgehead atoms. The van der Waals surface area contributed by atoms with Crippen LogP contribution in [0.2, 0.25) is 0 Å². The quantitative estimate of drug-likeness (QED) is 0.928. The summed E-state index contributed by atoms with van der Waals surface area (Å²) in [5.41, 5.74) is 4.97. The predicted octanol–water partition coefficient (Wildman–Crippen LogP) is 3.21. The SMILES string of the molecule is Cc1ccc(CN2Cc3ccccc3C2)c(C(=O)O)c1. The van der Waals surface area contributed by atoms with Crippen LogP contribution in [-0.4, -0.2) is 16.0 Å². The molecule has 0 amide bonds. The first kappa shape index (κ1) is 12.9. The lowest BCUT2D eigenvalue weighted by Gasteiger charge is -2.16. The molecule has 0 aromatic heterocycles. The molecular formula is C17H17NO2. The van der Waals surface area contributed by atoms with E-state index in [1.165, 1.54) is 11.1 Å². The molecule has 3 nitrogen and oxygen atoms in total. The molecule has 20 heavy (non-hydrogen) atoms. The highest BCUT2D eigenvalue weighted by Crippen LogP contribution is 2.25. The molecule has 1 N–H and O–H groups in total. The Bertz CT molecular complexity index is 639. The Morgan fingerprint density at radius 3 is 2.40 bits per heavy atom. The smallest absolute Gasteiger partial charge is 0.336 e. The Hall–Kier alpha value is -2.13. The fraction of sp³-hybridized carbons (Fsp3) is 0.235. The van der Waals surface area contributed by atoms with Crippen LogP contribution in [0, 0.1) is 6.92 Å². The summed E-state index contributed by atoms with van der Waals surface area (Å²) in [7, 11) is 0. The number of fused-ring (bicyclic) bond motifs is 1. The fourth-order valence-corrected chi connectivity index (χ4v) is 2.78. The number of hydrogen-bond donors (Lipinski definition) is 1. The third kappa shape index (κ3) is 2.45. The molecule has 0 atom stereocenters. The zero-order chi connectivity index (χ0) is 14.1. The van der Waals surface area contributed by atoms with E-state index in [2.05, 4.69) is 29.2 Å². The summed E-state index contributed by atoms with van der Waals surface area (Å²) in [4.78, 5) is 13.6. The van der Waals surface area contributed by atoms with Crippen molar-refractivity contribution in [1.29, 1.82) is 0 Å². The summed E-state index contributed by atoms with van der Waals surface area (Å²) in [5.74, 6) is -0.847. The van der Waals surface area contributed by atoms with Crippen LogP contribution < -0.4 is 0 Å². The average molecular weight is 267 g/mol. The summed E-state index contributed by atoms with van der Waals surface area (Å²) in [6.45, 7) is 4.38. The van der Waals surface area contributed by atoms with Gasteiger partial charge >= 0.3 is 5.97 Å². The van der Waals surface area contributed by atoms with Crippen molar-refractivity contribution in [3.05, 3.63) is 70.3 Å². The second-order valence-corrected chi connectivity index (χ2v) is 5.38. The minimum Gasteiger partial charge on any atom is -0.478 e. The van der Waals surface area contributed by atoms with Crippen molar-refractivity contribution in [2.75, 3.05) is 0 Å². The second-order valence-electron chi connectivity index (χ2n) is 5.38. The molecule has 0 radical (unpaired) electrons. The molecule has 3 rings (SSSR count). The van der Waals surface area contributed by atoms with E-state index in [9.17, 15) is 9.90 Å². The standard InChI is InChI=1S/C17H17NO2/c1-12-6-7-15(16(8-12)17(19)20)11-18-9-13-4-2-3-5-14(13)10-18/h2-8H,9-11H2,1H3,(H,19,20). The van der Waals surface area contributed by atoms with Crippen molar-refractivity contribution >= 4 is 5.97 Å². The lowest BCUT2D eigenvalue weighted by atomic mass is 10.0. The van der Waals surface area contributed by atoms with Gasteiger partial charge in [0.25, 0.3) is 0 Å². The van der Waals surface area contributed by atoms with E-state index in [-0.39, 0.29) is 0 Å². The molecule has 0 saturated carbocycles.